The highest BCUT2D eigenvalue weighted by molar-refractivity contribution is 5.30. The fourth-order valence-electron chi connectivity index (χ4n) is 4.50. The molecule has 4 atom stereocenters. The molecule has 0 spiro atoms. The number of hydrazine groups is 1. The summed E-state index contributed by atoms with van der Waals surface area (Å²) in [4.78, 5) is 0. The van der Waals surface area contributed by atoms with Crippen molar-refractivity contribution >= 4 is 0 Å². The van der Waals surface area contributed by atoms with E-state index < -0.39 is 0 Å². The Hall–Kier alpha value is -0.860. The van der Waals surface area contributed by atoms with Gasteiger partial charge in [0, 0.05) is 6.04 Å². The fourth-order valence-corrected chi connectivity index (χ4v) is 4.50. The van der Waals surface area contributed by atoms with Crippen LogP contribution in [-0.2, 0) is 12.8 Å². The highest BCUT2D eigenvalue weighted by Crippen LogP contribution is 2.36. The summed E-state index contributed by atoms with van der Waals surface area (Å²) < 4.78 is 0. The second-order valence-corrected chi connectivity index (χ2v) is 7.00. The molecule has 1 saturated carbocycles. The molecule has 2 aliphatic rings. The van der Waals surface area contributed by atoms with Crippen molar-refractivity contribution in [2.75, 3.05) is 0 Å². The number of fused-ring (bicyclic) bond motifs is 1. The quantitative estimate of drug-likeness (QED) is 0.653. The maximum Gasteiger partial charge on any atom is 0.0270 e. The maximum absolute atomic E-state index is 5.95. The first-order chi connectivity index (χ1) is 9.78. The van der Waals surface area contributed by atoms with Crippen molar-refractivity contribution in [3.8, 4) is 0 Å². The Bertz CT molecular complexity index is 443. The molecule has 0 bridgehead atoms. The standard InChI is InChI=1S/C18H28N2/c1-13-5-4-8-16(11-13)18(20-19)17-10-9-14-6-2-3-7-15(14)12-17/h2-3,6-7,13,16-18,20H,4-5,8-12,19H2,1H3. The third kappa shape index (κ3) is 2.91. The highest BCUT2D eigenvalue weighted by atomic mass is 15.2. The second kappa shape index (κ2) is 6.28. The van der Waals surface area contributed by atoms with Crippen molar-refractivity contribution in [3.05, 3.63) is 35.4 Å². The Labute approximate surface area is 123 Å². The SMILES string of the molecule is CC1CCCC(C(NN)C2CCc3ccccc3C2)C1. The molecule has 0 saturated heterocycles. The van der Waals surface area contributed by atoms with E-state index in [0.717, 1.165) is 11.8 Å². The predicted octanol–water partition coefficient (Wildman–Crippen LogP) is 3.45. The fraction of sp³-hybridized carbons (Fsp3) is 0.667. The Morgan fingerprint density at radius 1 is 1.10 bits per heavy atom. The molecule has 0 aliphatic heterocycles. The van der Waals surface area contributed by atoms with Crippen LogP contribution in [0.15, 0.2) is 24.3 Å². The van der Waals surface area contributed by atoms with Gasteiger partial charge in [0.15, 0.2) is 0 Å². The largest absolute Gasteiger partial charge is 0.271 e. The van der Waals surface area contributed by atoms with Crippen LogP contribution >= 0.6 is 0 Å². The second-order valence-electron chi connectivity index (χ2n) is 7.00. The molecule has 0 aromatic heterocycles. The molecular weight excluding hydrogens is 244 g/mol. The van der Waals surface area contributed by atoms with Crippen LogP contribution in [0.1, 0.15) is 50.2 Å². The summed E-state index contributed by atoms with van der Waals surface area (Å²) in [6.07, 6.45) is 9.22. The molecule has 2 aliphatic carbocycles. The molecule has 0 radical (unpaired) electrons. The summed E-state index contributed by atoms with van der Waals surface area (Å²) in [5.41, 5.74) is 6.29. The Balaban J connectivity index is 1.71. The van der Waals surface area contributed by atoms with Gasteiger partial charge in [-0.3, -0.25) is 11.3 Å². The van der Waals surface area contributed by atoms with Gasteiger partial charge in [-0.1, -0.05) is 44.0 Å². The van der Waals surface area contributed by atoms with Crippen LogP contribution in [-0.4, -0.2) is 6.04 Å². The first-order valence-corrected chi connectivity index (χ1v) is 8.31. The van der Waals surface area contributed by atoms with Crippen molar-refractivity contribution in [2.24, 2.45) is 23.6 Å². The number of nitrogens with two attached hydrogens (primary N) is 1. The molecule has 110 valence electrons. The molecular formula is C18H28N2. The third-order valence-corrected chi connectivity index (χ3v) is 5.57. The van der Waals surface area contributed by atoms with Gasteiger partial charge in [-0.05, 0) is 61.0 Å². The van der Waals surface area contributed by atoms with Gasteiger partial charge < -0.3 is 0 Å². The zero-order valence-electron chi connectivity index (χ0n) is 12.6. The normalized spacial score (nSPS) is 31.6. The van der Waals surface area contributed by atoms with Crippen LogP contribution < -0.4 is 11.3 Å². The van der Waals surface area contributed by atoms with Crippen LogP contribution in [0.2, 0.25) is 0 Å². The number of aryl methyl sites for hydroxylation is 1. The lowest BCUT2D eigenvalue weighted by Gasteiger charge is -2.39. The van der Waals surface area contributed by atoms with Crippen LogP contribution in [0.25, 0.3) is 0 Å². The molecule has 0 heterocycles. The van der Waals surface area contributed by atoms with Gasteiger partial charge in [-0.2, -0.15) is 0 Å². The molecule has 20 heavy (non-hydrogen) atoms. The van der Waals surface area contributed by atoms with E-state index in [4.69, 9.17) is 5.84 Å². The lowest BCUT2D eigenvalue weighted by Crippen LogP contribution is -2.48. The maximum atomic E-state index is 5.95. The van der Waals surface area contributed by atoms with Crippen molar-refractivity contribution in [1.82, 2.24) is 5.43 Å². The lowest BCUT2D eigenvalue weighted by molar-refractivity contribution is 0.167. The molecule has 1 fully saturated rings. The van der Waals surface area contributed by atoms with Gasteiger partial charge in [0.25, 0.3) is 0 Å². The summed E-state index contributed by atoms with van der Waals surface area (Å²) in [7, 11) is 0. The number of hydrogen-bond donors (Lipinski definition) is 2. The van der Waals surface area contributed by atoms with Crippen LogP contribution in [0.3, 0.4) is 0 Å². The van der Waals surface area contributed by atoms with E-state index in [2.05, 4.69) is 36.6 Å². The molecule has 3 rings (SSSR count). The molecule has 1 aromatic carbocycles. The van der Waals surface area contributed by atoms with E-state index in [0.29, 0.717) is 12.0 Å². The molecule has 4 unspecified atom stereocenters. The van der Waals surface area contributed by atoms with E-state index in [-0.39, 0.29) is 0 Å². The monoisotopic (exact) mass is 272 g/mol. The van der Waals surface area contributed by atoms with Crippen LogP contribution in [0.5, 0.6) is 0 Å². The predicted molar refractivity (Wildman–Crippen MR) is 84.2 cm³/mol. The van der Waals surface area contributed by atoms with E-state index >= 15 is 0 Å². The van der Waals surface area contributed by atoms with Gasteiger partial charge in [0.1, 0.15) is 0 Å². The first-order valence-electron chi connectivity index (χ1n) is 8.31. The minimum atomic E-state index is 0.506. The van der Waals surface area contributed by atoms with E-state index in [1.165, 1.54) is 44.9 Å². The average molecular weight is 272 g/mol. The highest BCUT2D eigenvalue weighted by Gasteiger charge is 2.33. The summed E-state index contributed by atoms with van der Waals surface area (Å²) in [6, 6.07) is 9.44. The zero-order valence-corrected chi connectivity index (χ0v) is 12.6. The summed E-state index contributed by atoms with van der Waals surface area (Å²) in [5, 5.41) is 0. The molecule has 3 N–H and O–H groups in total. The van der Waals surface area contributed by atoms with Gasteiger partial charge >= 0.3 is 0 Å². The summed E-state index contributed by atoms with van der Waals surface area (Å²) >= 11 is 0. The van der Waals surface area contributed by atoms with Crippen molar-refractivity contribution < 1.29 is 0 Å². The number of rotatable bonds is 3. The van der Waals surface area contributed by atoms with Gasteiger partial charge in [0.2, 0.25) is 0 Å². The minimum absolute atomic E-state index is 0.506. The molecule has 0 amide bonds. The lowest BCUT2D eigenvalue weighted by atomic mass is 9.71. The Kier molecular flexibility index (Phi) is 4.42. The van der Waals surface area contributed by atoms with Gasteiger partial charge in [-0.25, -0.2) is 0 Å². The van der Waals surface area contributed by atoms with Crippen molar-refractivity contribution in [3.63, 3.8) is 0 Å². The molecule has 2 heteroatoms. The van der Waals surface area contributed by atoms with E-state index in [1.54, 1.807) is 11.1 Å². The topological polar surface area (TPSA) is 38.0 Å². The summed E-state index contributed by atoms with van der Waals surface area (Å²) in [5.74, 6) is 8.32. The number of hydrogen-bond acceptors (Lipinski definition) is 2. The van der Waals surface area contributed by atoms with E-state index in [1.807, 2.05) is 0 Å². The third-order valence-electron chi connectivity index (χ3n) is 5.57. The van der Waals surface area contributed by atoms with Crippen LogP contribution in [0.4, 0.5) is 0 Å². The Morgan fingerprint density at radius 2 is 1.90 bits per heavy atom. The minimum Gasteiger partial charge on any atom is -0.271 e. The van der Waals surface area contributed by atoms with Crippen molar-refractivity contribution in [1.29, 1.82) is 0 Å². The van der Waals surface area contributed by atoms with Crippen molar-refractivity contribution in [2.45, 2.75) is 57.9 Å². The molecule has 1 aromatic rings. The molecule has 2 nitrogen and oxygen atoms in total. The number of nitrogens with one attached hydrogen (secondary N) is 1. The van der Waals surface area contributed by atoms with Gasteiger partial charge in [-0.15, -0.1) is 0 Å². The summed E-state index contributed by atoms with van der Waals surface area (Å²) in [6.45, 7) is 2.40. The van der Waals surface area contributed by atoms with E-state index in [9.17, 15) is 0 Å². The van der Waals surface area contributed by atoms with Gasteiger partial charge in [0.05, 0.1) is 0 Å². The smallest absolute Gasteiger partial charge is 0.0270 e. The average Bonchev–Trinajstić information content (AvgIpc) is 2.48. The zero-order chi connectivity index (χ0) is 13.9. The van der Waals surface area contributed by atoms with Crippen LogP contribution in [0, 0.1) is 17.8 Å². The Morgan fingerprint density at radius 3 is 2.65 bits per heavy atom. The first kappa shape index (κ1) is 14.1. The number of benzene rings is 1.